The van der Waals surface area contributed by atoms with Crippen LogP contribution >= 0.6 is 0 Å². The molecule has 4 nitrogen and oxygen atoms in total. The smallest absolute Gasteiger partial charge is 0.254 e. The van der Waals surface area contributed by atoms with E-state index in [1.807, 2.05) is 30.3 Å². The molecular weight excluding hydrogens is 214 g/mol. The Hall–Kier alpha value is -2.54. The summed E-state index contributed by atoms with van der Waals surface area (Å²) in [6.45, 7) is -0.0227. The molecule has 84 valence electrons. The van der Waals surface area contributed by atoms with E-state index in [4.69, 9.17) is 11.0 Å². The van der Waals surface area contributed by atoms with Gasteiger partial charge in [0.1, 0.15) is 6.54 Å². The predicted molar refractivity (Wildman–Crippen MR) is 66.3 cm³/mol. The third kappa shape index (κ3) is 2.18. The molecule has 0 unspecified atom stereocenters. The van der Waals surface area contributed by atoms with Crippen molar-refractivity contribution in [2.45, 2.75) is 0 Å². The Morgan fingerprint density at radius 1 is 1.29 bits per heavy atom. The van der Waals surface area contributed by atoms with Crippen LogP contribution in [0, 0.1) is 11.3 Å². The first kappa shape index (κ1) is 11.0. The summed E-state index contributed by atoms with van der Waals surface area (Å²) in [5, 5.41) is 12.8. The summed E-state index contributed by atoms with van der Waals surface area (Å²) in [6, 6.07) is 13.0. The van der Waals surface area contributed by atoms with Crippen LogP contribution in [0.15, 0.2) is 36.4 Å². The summed E-state index contributed by atoms with van der Waals surface area (Å²) in [6.07, 6.45) is 0. The van der Waals surface area contributed by atoms with E-state index in [-0.39, 0.29) is 12.5 Å². The number of hydrogen-bond acceptors (Lipinski definition) is 3. The molecule has 17 heavy (non-hydrogen) atoms. The topological polar surface area (TPSA) is 78.9 Å². The molecular formula is C13H11N3O. The number of carbonyl (C=O) groups excluding carboxylic acids is 1. The Morgan fingerprint density at radius 2 is 1.94 bits per heavy atom. The zero-order valence-electron chi connectivity index (χ0n) is 9.10. The lowest BCUT2D eigenvalue weighted by atomic mass is 10.0. The van der Waals surface area contributed by atoms with Crippen molar-refractivity contribution in [2.24, 2.45) is 0 Å². The lowest BCUT2D eigenvalue weighted by Gasteiger charge is -2.07. The number of carbonyl (C=O) groups is 1. The van der Waals surface area contributed by atoms with Gasteiger partial charge in [0.15, 0.2) is 0 Å². The summed E-state index contributed by atoms with van der Waals surface area (Å²) in [5.41, 5.74) is 6.63. The van der Waals surface area contributed by atoms with Crippen molar-refractivity contribution in [1.29, 1.82) is 5.26 Å². The van der Waals surface area contributed by atoms with Gasteiger partial charge in [-0.05, 0) is 22.9 Å². The monoisotopic (exact) mass is 225 g/mol. The molecule has 1 amide bonds. The van der Waals surface area contributed by atoms with Gasteiger partial charge in [-0.3, -0.25) is 4.79 Å². The summed E-state index contributed by atoms with van der Waals surface area (Å²) < 4.78 is 0. The van der Waals surface area contributed by atoms with Crippen molar-refractivity contribution >= 4 is 22.4 Å². The van der Waals surface area contributed by atoms with Crippen molar-refractivity contribution in [2.75, 3.05) is 12.3 Å². The van der Waals surface area contributed by atoms with Crippen molar-refractivity contribution in [3.63, 3.8) is 0 Å². The quantitative estimate of drug-likeness (QED) is 0.602. The molecule has 0 bridgehead atoms. The van der Waals surface area contributed by atoms with E-state index >= 15 is 0 Å². The number of rotatable bonds is 2. The number of fused-ring (bicyclic) bond motifs is 1. The van der Waals surface area contributed by atoms with Crippen LogP contribution in [0.4, 0.5) is 5.69 Å². The summed E-state index contributed by atoms with van der Waals surface area (Å²) in [7, 11) is 0. The van der Waals surface area contributed by atoms with Crippen molar-refractivity contribution in [1.82, 2.24) is 5.32 Å². The van der Waals surface area contributed by atoms with Gasteiger partial charge in [-0.2, -0.15) is 5.26 Å². The number of amides is 1. The molecule has 0 heterocycles. The molecule has 0 spiro atoms. The molecule has 0 aliphatic rings. The normalized spacial score (nSPS) is 9.82. The molecule has 0 atom stereocenters. The number of nitrogens with two attached hydrogens (primary N) is 1. The lowest BCUT2D eigenvalue weighted by molar-refractivity contribution is 0.0959. The number of nitrogens with one attached hydrogen (secondary N) is 1. The number of nitrogens with zero attached hydrogens (tertiary/aromatic N) is 1. The maximum absolute atomic E-state index is 11.7. The SMILES string of the molecule is N#CCNC(=O)c1cc2ccccc2cc1N. The van der Waals surface area contributed by atoms with Crippen LogP contribution in [0.3, 0.4) is 0 Å². The van der Waals surface area contributed by atoms with Crippen LogP contribution in [0.25, 0.3) is 10.8 Å². The Kier molecular flexibility index (Phi) is 2.93. The second kappa shape index (κ2) is 4.54. The molecule has 0 saturated heterocycles. The van der Waals surface area contributed by atoms with Gasteiger partial charge in [0.25, 0.3) is 5.91 Å². The molecule has 0 aliphatic heterocycles. The number of benzene rings is 2. The first-order valence-corrected chi connectivity index (χ1v) is 5.16. The average Bonchev–Trinajstić information content (AvgIpc) is 2.35. The first-order chi connectivity index (χ1) is 8.22. The van der Waals surface area contributed by atoms with Gasteiger partial charge in [-0.15, -0.1) is 0 Å². The van der Waals surface area contributed by atoms with Crippen LogP contribution in [0.1, 0.15) is 10.4 Å². The molecule has 2 aromatic rings. The standard InChI is InChI=1S/C13H11N3O/c14-5-6-16-13(17)11-7-9-3-1-2-4-10(9)8-12(11)15/h1-4,7-8H,6,15H2,(H,16,17). The Bertz CT molecular complexity index is 614. The molecule has 2 rings (SSSR count). The molecule has 0 fully saturated rings. The highest BCUT2D eigenvalue weighted by Gasteiger charge is 2.09. The van der Waals surface area contributed by atoms with Crippen molar-refractivity contribution < 1.29 is 4.79 Å². The number of nitriles is 1. The predicted octanol–water partition coefficient (Wildman–Crippen LogP) is 1.68. The first-order valence-electron chi connectivity index (χ1n) is 5.16. The minimum absolute atomic E-state index is 0.0227. The van der Waals surface area contributed by atoms with Crippen LogP contribution in [-0.2, 0) is 0 Å². The highest BCUT2D eigenvalue weighted by atomic mass is 16.1. The van der Waals surface area contributed by atoms with E-state index in [1.54, 1.807) is 12.1 Å². The fourth-order valence-electron chi connectivity index (χ4n) is 1.67. The highest BCUT2D eigenvalue weighted by molar-refractivity contribution is 6.03. The third-order valence-electron chi connectivity index (χ3n) is 2.49. The van der Waals surface area contributed by atoms with Gasteiger partial charge in [-0.1, -0.05) is 24.3 Å². The zero-order valence-corrected chi connectivity index (χ0v) is 9.10. The van der Waals surface area contributed by atoms with Crippen LogP contribution in [0.5, 0.6) is 0 Å². The molecule has 3 N–H and O–H groups in total. The van der Waals surface area contributed by atoms with Gasteiger partial charge in [0, 0.05) is 5.69 Å². The van der Waals surface area contributed by atoms with E-state index in [9.17, 15) is 4.79 Å². The molecule has 2 aromatic carbocycles. The molecule has 0 saturated carbocycles. The highest BCUT2D eigenvalue weighted by Crippen LogP contribution is 2.21. The van der Waals surface area contributed by atoms with Gasteiger partial charge in [0.2, 0.25) is 0 Å². The fraction of sp³-hybridized carbons (Fsp3) is 0.0769. The average molecular weight is 225 g/mol. The number of nitrogen functional groups attached to an aromatic ring is 1. The number of anilines is 1. The molecule has 0 aliphatic carbocycles. The molecule has 0 radical (unpaired) electrons. The van der Waals surface area contributed by atoms with Crippen LogP contribution in [0.2, 0.25) is 0 Å². The van der Waals surface area contributed by atoms with Crippen molar-refractivity contribution in [3.05, 3.63) is 42.0 Å². The molecule has 0 aromatic heterocycles. The minimum Gasteiger partial charge on any atom is -0.398 e. The van der Waals surface area contributed by atoms with E-state index in [2.05, 4.69) is 5.32 Å². The van der Waals surface area contributed by atoms with Gasteiger partial charge >= 0.3 is 0 Å². The van der Waals surface area contributed by atoms with Crippen molar-refractivity contribution in [3.8, 4) is 6.07 Å². The molecule has 4 heteroatoms. The van der Waals surface area contributed by atoms with Gasteiger partial charge in [0.05, 0.1) is 11.6 Å². The van der Waals surface area contributed by atoms with E-state index in [0.717, 1.165) is 10.8 Å². The third-order valence-corrected chi connectivity index (χ3v) is 2.49. The fourth-order valence-corrected chi connectivity index (χ4v) is 1.67. The second-order valence-electron chi connectivity index (χ2n) is 3.63. The number of hydrogen-bond donors (Lipinski definition) is 2. The van der Waals surface area contributed by atoms with Gasteiger partial charge < -0.3 is 11.1 Å². The lowest BCUT2D eigenvalue weighted by Crippen LogP contribution is -2.24. The second-order valence-corrected chi connectivity index (χ2v) is 3.63. The minimum atomic E-state index is -0.324. The Labute approximate surface area is 98.7 Å². The maximum atomic E-state index is 11.7. The van der Waals surface area contributed by atoms with Crippen LogP contribution in [-0.4, -0.2) is 12.5 Å². The Balaban J connectivity index is 2.44. The van der Waals surface area contributed by atoms with Gasteiger partial charge in [-0.25, -0.2) is 0 Å². The summed E-state index contributed by atoms with van der Waals surface area (Å²) in [4.78, 5) is 11.7. The zero-order chi connectivity index (χ0) is 12.3. The Morgan fingerprint density at radius 3 is 2.59 bits per heavy atom. The summed E-state index contributed by atoms with van der Waals surface area (Å²) in [5.74, 6) is -0.324. The van der Waals surface area contributed by atoms with E-state index in [1.165, 1.54) is 0 Å². The largest absolute Gasteiger partial charge is 0.398 e. The van der Waals surface area contributed by atoms with E-state index in [0.29, 0.717) is 11.3 Å². The van der Waals surface area contributed by atoms with Crippen LogP contribution < -0.4 is 11.1 Å². The van der Waals surface area contributed by atoms with E-state index < -0.39 is 0 Å². The maximum Gasteiger partial charge on any atom is 0.254 e. The summed E-state index contributed by atoms with van der Waals surface area (Å²) >= 11 is 0.